The Kier molecular flexibility index (Phi) is 6.08. The SMILES string of the molecule is COc1ccccc1C1C(C(=O)CCc2ccccc2)=C(O)C(=O)N1c1ccccc1C. The third kappa shape index (κ3) is 3.89. The van der Waals surface area contributed by atoms with E-state index in [0.29, 0.717) is 23.4 Å². The van der Waals surface area contributed by atoms with E-state index in [0.717, 1.165) is 11.1 Å². The number of Topliss-reactive ketones (excluding diaryl/α,β-unsaturated/α-hetero) is 1. The van der Waals surface area contributed by atoms with E-state index in [1.165, 1.54) is 4.90 Å². The third-order valence-corrected chi connectivity index (χ3v) is 5.80. The van der Waals surface area contributed by atoms with Gasteiger partial charge in [-0.2, -0.15) is 0 Å². The molecule has 0 saturated heterocycles. The molecular weight excluding hydrogens is 402 g/mol. The monoisotopic (exact) mass is 427 g/mol. The fourth-order valence-electron chi connectivity index (χ4n) is 4.20. The number of nitrogens with zero attached hydrogens (tertiary/aromatic N) is 1. The van der Waals surface area contributed by atoms with Crippen molar-refractivity contribution in [2.75, 3.05) is 12.0 Å². The maximum absolute atomic E-state index is 13.4. The van der Waals surface area contributed by atoms with Gasteiger partial charge in [0, 0.05) is 17.7 Å². The third-order valence-electron chi connectivity index (χ3n) is 5.80. The second-order valence-electron chi connectivity index (χ2n) is 7.78. The van der Waals surface area contributed by atoms with Gasteiger partial charge < -0.3 is 9.84 Å². The number of benzene rings is 3. The Labute approximate surface area is 187 Å². The van der Waals surface area contributed by atoms with Crippen LogP contribution in [-0.2, 0) is 16.0 Å². The van der Waals surface area contributed by atoms with Gasteiger partial charge in [0.2, 0.25) is 0 Å². The number of aliphatic hydroxyl groups excluding tert-OH is 1. The van der Waals surface area contributed by atoms with Gasteiger partial charge in [-0.3, -0.25) is 14.5 Å². The molecule has 1 N–H and O–H groups in total. The van der Waals surface area contributed by atoms with Crippen molar-refractivity contribution in [2.24, 2.45) is 0 Å². The summed E-state index contributed by atoms with van der Waals surface area (Å²) in [5.74, 6) is -0.792. The quantitative estimate of drug-likeness (QED) is 0.569. The highest BCUT2D eigenvalue weighted by atomic mass is 16.5. The number of methoxy groups -OCH3 is 1. The highest BCUT2D eigenvalue weighted by Gasteiger charge is 2.45. The van der Waals surface area contributed by atoms with E-state index in [2.05, 4.69) is 0 Å². The second-order valence-corrected chi connectivity index (χ2v) is 7.78. The molecule has 1 amide bonds. The normalized spacial score (nSPS) is 15.9. The van der Waals surface area contributed by atoms with Crippen LogP contribution in [0.4, 0.5) is 5.69 Å². The van der Waals surface area contributed by atoms with Crippen LogP contribution in [-0.4, -0.2) is 23.9 Å². The first-order chi connectivity index (χ1) is 15.5. The molecular formula is C27H25NO4. The number of rotatable bonds is 7. The number of anilines is 1. The minimum atomic E-state index is -0.775. The summed E-state index contributed by atoms with van der Waals surface area (Å²) in [5.41, 5.74) is 3.30. The van der Waals surface area contributed by atoms with E-state index >= 15 is 0 Å². The van der Waals surface area contributed by atoms with Crippen LogP contribution < -0.4 is 9.64 Å². The maximum atomic E-state index is 13.4. The molecule has 0 aromatic heterocycles. The number of aryl methyl sites for hydroxylation is 2. The lowest BCUT2D eigenvalue weighted by molar-refractivity contribution is -0.118. The van der Waals surface area contributed by atoms with Gasteiger partial charge in [-0.05, 0) is 36.6 Å². The summed E-state index contributed by atoms with van der Waals surface area (Å²) >= 11 is 0. The largest absolute Gasteiger partial charge is 0.503 e. The summed E-state index contributed by atoms with van der Waals surface area (Å²) in [6.07, 6.45) is 0.706. The number of ketones is 1. The molecule has 162 valence electrons. The van der Waals surface area contributed by atoms with Crippen molar-refractivity contribution in [3.63, 3.8) is 0 Å². The highest BCUT2D eigenvalue weighted by Crippen LogP contribution is 2.44. The molecule has 4 rings (SSSR count). The molecule has 1 aliphatic rings. The van der Waals surface area contributed by atoms with E-state index in [4.69, 9.17) is 4.74 Å². The van der Waals surface area contributed by atoms with Crippen LogP contribution in [0.2, 0.25) is 0 Å². The zero-order valence-corrected chi connectivity index (χ0v) is 18.1. The summed E-state index contributed by atoms with van der Waals surface area (Å²) in [7, 11) is 1.55. The van der Waals surface area contributed by atoms with Crippen molar-refractivity contribution in [3.05, 3.63) is 107 Å². The lowest BCUT2D eigenvalue weighted by atomic mass is 9.92. The summed E-state index contributed by atoms with van der Waals surface area (Å²) in [6, 6.07) is 23.6. The Morgan fingerprint density at radius 2 is 1.62 bits per heavy atom. The van der Waals surface area contributed by atoms with E-state index < -0.39 is 17.7 Å². The van der Waals surface area contributed by atoms with Gasteiger partial charge in [-0.15, -0.1) is 0 Å². The Hall–Kier alpha value is -3.86. The standard InChI is InChI=1S/C27H25NO4/c1-18-10-6-8-14-21(18)28-25(20-13-7-9-15-23(20)32-2)24(26(30)27(28)31)22(29)17-16-19-11-4-3-5-12-19/h3-15,25,30H,16-17H2,1-2H3. The first-order valence-electron chi connectivity index (χ1n) is 10.5. The van der Waals surface area contributed by atoms with Gasteiger partial charge in [0.1, 0.15) is 5.75 Å². The van der Waals surface area contributed by atoms with E-state index in [-0.39, 0.29) is 17.8 Å². The lowest BCUT2D eigenvalue weighted by Crippen LogP contribution is -2.31. The lowest BCUT2D eigenvalue weighted by Gasteiger charge is -2.29. The van der Waals surface area contributed by atoms with Gasteiger partial charge >= 0.3 is 0 Å². The predicted octanol–water partition coefficient (Wildman–Crippen LogP) is 5.11. The minimum absolute atomic E-state index is 0.110. The number of carbonyl (C=O) groups excluding carboxylic acids is 2. The molecule has 5 heteroatoms. The number of hydrogen-bond donors (Lipinski definition) is 1. The molecule has 32 heavy (non-hydrogen) atoms. The summed E-state index contributed by atoms with van der Waals surface area (Å²) in [6.45, 7) is 1.90. The number of aliphatic hydroxyl groups is 1. The van der Waals surface area contributed by atoms with E-state index in [1.807, 2.05) is 79.7 Å². The van der Waals surface area contributed by atoms with Gasteiger partial charge in [0.25, 0.3) is 5.91 Å². The molecule has 0 radical (unpaired) electrons. The molecule has 1 unspecified atom stereocenters. The van der Waals surface area contributed by atoms with Gasteiger partial charge in [0.15, 0.2) is 11.5 Å². The molecule has 5 nitrogen and oxygen atoms in total. The van der Waals surface area contributed by atoms with Gasteiger partial charge in [-0.1, -0.05) is 66.7 Å². The Morgan fingerprint density at radius 3 is 2.34 bits per heavy atom. The molecule has 1 aliphatic heterocycles. The first kappa shape index (κ1) is 21.4. The molecule has 0 saturated carbocycles. The molecule has 1 atom stereocenters. The van der Waals surface area contributed by atoms with Crippen molar-refractivity contribution in [3.8, 4) is 5.75 Å². The molecule has 0 spiro atoms. The Morgan fingerprint density at radius 1 is 0.969 bits per heavy atom. The zero-order chi connectivity index (χ0) is 22.7. The van der Waals surface area contributed by atoms with Crippen molar-refractivity contribution < 1.29 is 19.4 Å². The number of para-hydroxylation sites is 2. The van der Waals surface area contributed by atoms with Crippen molar-refractivity contribution in [1.29, 1.82) is 0 Å². The van der Waals surface area contributed by atoms with E-state index in [9.17, 15) is 14.7 Å². The molecule has 1 heterocycles. The predicted molar refractivity (Wildman–Crippen MR) is 124 cm³/mol. The molecule has 3 aromatic rings. The average Bonchev–Trinajstić information content (AvgIpc) is 3.08. The molecule has 0 fully saturated rings. The van der Waals surface area contributed by atoms with Crippen LogP contribution in [0.1, 0.15) is 29.2 Å². The van der Waals surface area contributed by atoms with Crippen LogP contribution in [0.5, 0.6) is 5.75 Å². The molecule has 0 bridgehead atoms. The highest BCUT2D eigenvalue weighted by molar-refractivity contribution is 6.16. The topological polar surface area (TPSA) is 66.8 Å². The Bertz CT molecular complexity index is 1180. The van der Waals surface area contributed by atoms with Crippen LogP contribution in [0.15, 0.2) is 90.2 Å². The second kappa shape index (κ2) is 9.10. The summed E-state index contributed by atoms with van der Waals surface area (Å²) < 4.78 is 5.55. The minimum Gasteiger partial charge on any atom is -0.503 e. The molecule has 3 aromatic carbocycles. The average molecular weight is 428 g/mol. The Balaban J connectivity index is 1.78. The number of amides is 1. The number of carbonyl (C=O) groups is 2. The summed E-state index contributed by atoms with van der Waals surface area (Å²) in [4.78, 5) is 28.1. The van der Waals surface area contributed by atoms with Crippen LogP contribution in [0, 0.1) is 6.92 Å². The van der Waals surface area contributed by atoms with E-state index in [1.54, 1.807) is 13.2 Å². The van der Waals surface area contributed by atoms with Crippen molar-refractivity contribution >= 4 is 17.4 Å². The smallest absolute Gasteiger partial charge is 0.294 e. The van der Waals surface area contributed by atoms with Crippen molar-refractivity contribution in [1.82, 2.24) is 0 Å². The van der Waals surface area contributed by atoms with Crippen molar-refractivity contribution in [2.45, 2.75) is 25.8 Å². The van der Waals surface area contributed by atoms with Crippen LogP contribution in [0.25, 0.3) is 0 Å². The molecule has 0 aliphatic carbocycles. The number of ether oxygens (including phenoxy) is 1. The van der Waals surface area contributed by atoms with Gasteiger partial charge in [-0.25, -0.2) is 0 Å². The maximum Gasteiger partial charge on any atom is 0.294 e. The fourth-order valence-corrected chi connectivity index (χ4v) is 4.20. The fraction of sp³-hybridized carbons (Fsp3) is 0.185. The van der Waals surface area contributed by atoms with Gasteiger partial charge in [0.05, 0.1) is 18.7 Å². The first-order valence-corrected chi connectivity index (χ1v) is 10.5. The van der Waals surface area contributed by atoms with Crippen LogP contribution >= 0.6 is 0 Å². The summed E-state index contributed by atoms with van der Waals surface area (Å²) in [5, 5.41) is 10.9. The number of hydrogen-bond acceptors (Lipinski definition) is 4. The van der Waals surface area contributed by atoms with Crippen LogP contribution in [0.3, 0.4) is 0 Å². The zero-order valence-electron chi connectivity index (χ0n) is 18.1.